The van der Waals surface area contributed by atoms with Gasteiger partial charge in [0.25, 0.3) is 0 Å². The molecule has 0 bridgehead atoms. The minimum absolute atomic E-state index is 0.207. The lowest BCUT2D eigenvalue weighted by Gasteiger charge is -2.15. The molecule has 7 nitrogen and oxygen atoms in total. The third kappa shape index (κ3) is 8.48. The molecule has 0 saturated carbocycles. The maximum absolute atomic E-state index is 9.15. The molecule has 0 aliphatic heterocycles. The molecule has 0 aromatic heterocycles. The van der Waals surface area contributed by atoms with Crippen LogP contribution in [-0.4, -0.2) is 50.7 Å². The first-order chi connectivity index (χ1) is 8.47. The van der Waals surface area contributed by atoms with E-state index in [2.05, 4.69) is 0 Å². The van der Waals surface area contributed by atoms with Crippen LogP contribution in [0.5, 0.6) is 0 Å². The summed E-state index contributed by atoms with van der Waals surface area (Å²) in [5, 5.41) is 40.6. The second kappa shape index (κ2) is 9.37. The number of hydrogen-bond acceptors (Lipinski definition) is 5. The van der Waals surface area contributed by atoms with Crippen LogP contribution in [0.25, 0.3) is 0 Å². The summed E-state index contributed by atoms with van der Waals surface area (Å²) in [4.78, 5) is 8.56. The highest BCUT2D eigenvalue weighted by Crippen LogP contribution is 2.04. The molecule has 2 atom stereocenters. The molecule has 1 rings (SSSR count). The molecule has 7 heteroatoms. The molecule has 1 aromatic rings. The number of aliphatic hydroxyl groups is 3. The van der Waals surface area contributed by atoms with Gasteiger partial charge in [-0.25, -0.2) is 4.79 Å². The fraction of sp³-hybridized carbons (Fsp3) is 0.364. The van der Waals surface area contributed by atoms with Gasteiger partial charge in [-0.2, -0.15) is 0 Å². The first-order valence-electron chi connectivity index (χ1n) is 5.01. The van der Waals surface area contributed by atoms with Gasteiger partial charge in [-0.15, -0.1) is 0 Å². The summed E-state index contributed by atoms with van der Waals surface area (Å²) in [6.07, 6.45) is -4.43. The Morgan fingerprint density at radius 2 is 1.67 bits per heavy atom. The summed E-state index contributed by atoms with van der Waals surface area (Å²) in [7, 11) is 0. The van der Waals surface area contributed by atoms with Crippen molar-refractivity contribution in [1.82, 2.24) is 0 Å². The van der Waals surface area contributed by atoms with Gasteiger partial charge in [0.15, 0.2) is 6.29 Å². The fourth-order valence-electron chi connectivity index (χ4n) is 0.957. The van der Waals surface area contributed by atoms with Gasteiger partial charge < -0.3 is 30.3 Å². The van der Waals surface area contributed by atoms with E-state index in [0.717, 1.165) is 5.56 Å². The lowest BCUT2D eigenvalue weighted by atomic mass is 10.2. The van der Waals surface area contributed by atoms with Crippen molar-refractivity contribution < 1.29 is 35.1 Å². The molecule has 0 aliphatic rings. The number of ether oxygens (including phenoxy) is 1. The number of carboxylic acid groups (broad SMARTS) is 2. The van der Waals surface area contributed by atoms with E-state index in [4.69, 9.17) is 35.1 Å². The summed E-state index contributed by atoms with van der Waals surface area (Å²) in [5.41, 5.74) is 0.900. The number of benzene rings is 1. The number of rotatable bonds is 5. The zero-order valence-corrected chi connectivity index (χ0v) is 9.51. The molecule has 0 amide bonds. The highest BCUT2D eigenvalue weighted by atomic mass is 16.6. The van der Waals surface area contributed by atoms with Crippen LogP contribution in [0.4, 0.5) is 4.79 Å². The van der Waals surface area contributed by atoms with Crippen LogP contribution in [-0.2, 0) is 11.3 Å². The molecule has 5 N–H and O–H groups in total. The highest BCUT2D eigenvalue weighted by Gasteiger charge is 2.14. The van der Waals surface area contributed by atoms with Gasteiger partial charge in [0.05, 0.1) is 13.2 Å². The van der Waals surface area contributed by atoms with Crippen molar-refractivity contribution in [3.05, 3.63) is 35.9 Å². The van der Waals surface area contributed by atoms with E-state index in [0.29, 0.717) is 0 Å². The third-order valence-corrected chi connectivity index (χ3v) is 1.78. The van der Waals surface area contributed by atoms with E-state index in [9.17, 15) is 0 Å². The normalized spacial score (nSPS) is 13.1. The number of carbonyl (C=O) groups is 1. The van der Waals surface area contributed by atoms with Crippen LogP contribution in [0.15, 0.2) is 30.3 Å². The molecule has 18 heavy (non-hydrogen) atoms. The molecule has 2 unspecified atom stereocenters. The summed E-state index contributed by atoms with van der Waals surface area (Å²) in [5.74, 6) is 0. The Balaban J connectivity index is 0.000000631. The van der Waals surface area contributed by atoms with Crippen LogP contribution in [0.1, 0.15) is 5.56 Å². The summed E-state index contributed by atoms with van der Waals surface area (Å²) >= 11 is 0. The molecule has 0 aliphatic carbocycles. The van der Waals surface area contributed by atoms with Crippen molar-refractivity contribution in [3.8, 4) is 0 Å². The molecule has 0 spiro atoms. The fourth-order valence-corrected chi connectivity index (χ4v) is 0.957. The predicted octanol–water partition coefficient (Wildman–Crippen LogP) is 0.0972. The lowest BCUT2D eigenvalue weighted by molar-refractivity contribution is -0.177. The summed E-state index contributed by atoms with van der Waals surface area (Å²) in [6, 6.07) is 9.28. The Morgan fingerprint density at radius 1 is 1.17 bits per heavy atom. The van der Waals surface area contributed by atoms with E-state index in [-0.39, 0.29) is 6.61 Å². The Bertz CT molecular complexity index is 323. The Morgan fingerprint density at radius 3 is 2.11 bits per heavy atom. The second-order valence-electron chi connectivity index (χ2n) is 3.22. The second-order valence-corrected chi connectivity index (χ2v) is 3.22. The Labute approximate surface area is 104 Å². The van der Waals surface area contributed by atoms with Crippen LogP contribution < -0.4 is 0 Å². The third-order valence-electron chi connectivity index (χ3n) is 1.78. The summed E-state index contributed by atoms with van der Waals surface area (Å²) < 4.78 is 4.93. The lowest BCUT2D eigenvalue weighted by Crippen LogP contribution is -2.31. The van der Waals surface area contributed by atoms with Gasteiger partial charge in [-0.1, -0.05) is 30.3 Å². The van der Waals surface area contributed by atoms with Crippen LogP contribution >= 0.6 is 0 Å². The Kier molecular flexibility index (Phi) is 8.50. The number of hydrogen-bond donors (Lipinski definition) is 5. The first kappa shape index (κ1) is 16.3. The van der Waals surface area contributed by atoms with Gasteiger partial charge >= 0.3 is 6.16 Å². The highest BCUT2D eigenvalue weighted by molar-refractivity contribution is 5.53. The minimum Gasteiger partial charge on any atom is -0.450 e. The topological polar surface area (TPSA) is 127 Å². The van der Waals surface area contributed by atoms with E-state index < -0.39 is 25.2 Å². The first-order valence-corrected chi connectivity index (χ1v) is 5.01. The Hall–Kier alpha value is -1.67. The maximum Gasteiger partial charge on any atom is 0.503 e. The zero-order valence-electron chi connectivity index (χ0n) is 9.51. The monoisotopic (exact) mass is 260 g/mol. The van der Waals surface area contributed by atoms with Gasteiger partial charge in [-0.05, 0) is 5.56 Å². The van der Waals surface area contributed by atoms with Crippen molar-refractivity contribution >= 4 is 6.16 Å². The average molecular weight is 260 g/mol. The molecule has 1 aromatic carbocycles. The molecule has 0 heterocycles. The standard InChI is InChI=1S/C10H14O4.CH2O3/c11-6-9(12)10(13)14-7-8-4-2-1-3-5-8;2-1(3)4/h1-5,9-13H,6-7H2;(H2,2,3,4). The predicted molar refractivity (Wildman–Crippen MR) is 61.0 cm³/mol. The SMILES string of the molecule is O=C(O)O.OCC(O)C(O)OCc1ccccc1. The average Bonchev–Trinajstić information content (AvgIpc) is 2.35. The van der Waals surface area contributed by atoms with Crippen molar-refractivity contribution in [2.24, 2.45) is 0 Å². The van der Waals surface area contributed by atoms with Gasteiger partial charge in [0.2, 0.25) is 0 Å². The smallest absolute Gasteiger partial charge is 0.450 e. The molecule has 0 saturated heterocycles. The van der Waals surface area contributed by atoms with Gasteiger partial charge in [0.1, 0.15) is 6.10 Å². The van der Waals surface area contributed by atoms with Crippen molar-refractivity contribution in [1.29, 1.82) is 0 Å². The van der Waals surface area contributed by atoms with Crippen molar-refractivity contribution in [3.63, 3.8) is 0 Å². The van der Waals surface area contributed by atoms with E-state index in [1.165, 1.54) is 0 Å². The van der Waals surface area contributed by atoms with Crippen LogP contribution in [0.3, 0.4) is 0 Å². The van der Waals surface area contributed by atoms with E-state index in [1.807, 2.05) is 30.3 Å². The molecular weight excluding hydrogens is 244 g/mol. The quantitative estimate of drug-likeness (QED) is 0.475. The van der Waals surface area contributed by atoms with Crippen molar-refractivity contribution in [2.45, 2.75) is 19.0 Å². The largest absolute Gasteiger partial charge is 0.503 e. The van der Waals surface area contributed by atoms with Gasteiger partial charge in [0, 0.05) is 0 Å². The molecular formula is C11H16O7. The maximum atomic E-state index is 9.15. The molecule has 0 fully saturated rings. The number of aliphatic hydroxyl groups excluding tert-OH is 3. The van der Waals surface area contributed by atoms with Crippen LogP contribution in [0.2, 0.25) is 0 Å². The molecule has 102 valence electrons. The van der Waals surface area contributed by atoms with E-state index in [1.54, 1.807) is 0 Å². The van der Waals surface area contributed by atoms with Crippen molar-refractivity contribution in [2.75, 3.05) is 6.61 Å². The van der Waals surface area contributed by atoms with E-state index >= 15 is 0 Å². The van der Waals surface area contributed by atoms with Crippen LogP contribution in [0, 0.1) is 0 Å². The zero-order chi connectivity index (χ0) is 14.0. The summed E-state index contributed by atoms with van der Waals surface area (Å²) in [6.45, 7) is -0.310. The molecule has 0 radical (unpaired) electrons. The minimum atomic E-state index is -1.83. The van der Waals surface area contributed by atoms with Gasteiger partial charge in [-0.3, -0.25) is 0 Å².